The third-order valence-electron chi connectivity index (χ3n) is 3.40. The number of amides is 1. The number of rotatable bonds is 3. The van der Waals surface area contributed by atoms with E-state index in [0.29, 0.717) is 32.6 Å². The van der Waals surface area contributed by atoms with Gasteiger partial charge in [-0.1, -0.05) is 29.3 Å². The highest BCUT2D eigenvalue weighted by Crippen LogP contribution is 2.36. The molecule has 0 bridgehead atoms. The monoisotopic (exact) mass is 363 g/mol. The van der Waals surface area contributed by atoms with E-state index >= 15 is 0 Å². The maximum absolute atomic E-state index is 12.0. The van der Waals surface area contributed by atoms with Gasteiger partial charge in [0.2, 0.25) is 0 Å². The molecule has 0 aromatic heterocycles. The molecule has 1 aliphatic rings. The lowest BCUT2D eigenvalue weighted by molar-refractivity contribution is -0.110. The third-order valence-corrected chi connectivity index (χ3v) is 4.03. The fourth-order valence-electron chi connectivity index (χ4n) is 2.24. The van der Waals surface area contributed by atoms with E-state index in [0.717, 1.165) is 0 Å². The largest absolute Gasteiger partial charge is 0.504 e. The summed E-state index contributed by atoms with van der Waals surface area (Å²) >= 11 is 12.2. The number of anilines is 1. The van der Waals surface area contributed by atoms with E-state index in [9.17, 15) is 9.90 Å². The number of methoxy groups -OCH3 is 1. The number of fused-ring (bicyclic) bond motifs is 1. The number of nitrogens with one attached hydrogen (secondary N) is 1. The average molecular weight is 364 g/mol. The van der Waals surface area contributed by atoms with Gasteiger partial charge in [0.1, 0.15) is 0 Å². The molecule has 3 rings (SSSR count). The van der Waals surface area contributed by atoms with Gasteiger partial charge in [-0.15, -0.1) is 5.10 Å². The molecule has 1 heterocycles. The Morgan fingerprint density at radius 1 is 1.21 bits per heavy atom. The highest BCUT2D eigenvalue weighted by molar-refractivity contribution is 6.58. The maximum Gasteiger partial charge on any atom is 0.277 e. The smallest absolute Gasteiger partial charge is 0.277 e. The lowest BCUT2D eigenvalue weighted by Crippen LogP contribution is -2.14. The summed E-state index contributed by atoms with van der Waals surface area (Å²) in [6.07, 6.45) is 1.31. The predicted octanol–water partition coefficient (Wildman–Crippen LogP) is 3.48. The van der Waals surface area contributed by atoms with Crippen molar-refractivity contribution in [1.82, 2.24) is 0 Å². The van der Waals surface area contributed by atoms with E-state index in [-0.39, 0.29) is 11.5 Å². The molecule has 122 valence electrons. The van der Waals surface area contributed by atoms with Crippen molar-refractivity contribution < 1.29 is 14.6 Å². The Bertz CT molecular complexity index is 894. The Morgan fingerprint density at radius 2 is 1.96 bits per heavy atom. The van der Waals surface area contributed by atoms with Crippen LogP contribution in [0.15, 0.2) is 40.5 Å². The number of ether oxygens (including phenoxy) is 1. The molecule has 0 saturated heterocycles. The van der Waals surface area contributed by atoms with Gasteiger partial charge in [0.25, 0.3) is 5.91 Å². The Hall–Kier alpha value is -2.57. The van der Waals surface area contributed by atoms with E-state index in [2.05, 4.69) is 15.5 Å². The van der Waals surface area contributed by atoms with Gasteiger partial charge < -0.3 is 15.2 Å². The normalized spacial score (nSPS) is 15.0. The van der Waals surface area contributed by atoms with Crippen LogP contribution in [0.25, 0.3) is 0 Å². The number of carbonyl (C=O) groups is 1. The molecule has 6 nitrogen and oxygen atoms in total. The second kappa shape index (κ2) is 6.51. The molecule has 0 atom stereocenters. The molecule has 0 unspecified atom stereocenters. The SMILES string of the molecule is COc1cccc(/C=N/N=C2\C(=O)Nc3c(Cl)ccc(Cl)c32)c1O. The first kappa shape index (κ1) is 16.3. The van der Waals surface area contributed by atoms with Crippen LogP contribution in [0.2, 0.25) is 10.0 Å². The number of hydrogen-bond donors (Lipinski definition) is 2. The van der Waals surface area contributed by atoms with Crippen LogP contribution in [0.3, 0.4) is 0 Å². The number of halogens is 2. The van der Waals surface area contributed by atoms with Crippen LogP contribution in [-0.4, -0.2) is 30.0 Å². The number of para-hydroxylation sites is 1. The summed E-state index contributed by atoms with van der Waals surface area (Å²) < 4.78 is 5.01. The van der Waals surface area contributed by atoms with Crippen molar-refractivity contribution in [3.63, 3.8) is 0 Å². The van der Waals surface area contributed by atoms with Crippen LogP contribution in [0.1, 0.15) is 11.1 Å². The topological polar surface area (TPSA) is 83.3 Å². The zero-order chi connectivity index (χ0) is 17.3. The molecule has 24 heavy (non-hydrogen) atoms. The molecular formula is C16H11Cl2N3O3. The third kappa shape index (κ3) is 2.81. The molecule has 0 aliphatic carbocycles. The number of nitrogens with zero attached hydrogens (tertiary/aromatic N) is 2. The molecule has 1 aliphatic heterocycles. The lowest BCUT2D eigenvalue weighted by atomic mass is 10.1. The number of hydrogen-bond acceptors (Lipinski definition) is 5. The fraction of sp³-hybridized carbons (Fsp3) is 0.0625. The van der Waals surface area contributed by atoms with Crippen molar-refractivity contribution in [1.29, 1.82) is 0 Å². The minimum absolute atomic E-state index is 0.0520. The van der Waals surface area contributed by atoms with Gasteiger partial charge in [-0.2, -0.15) is 5.10 Å². The Labute approximate surface area is 147 Å². The fourth-order valence-corrected chi connectivity index (χ4v) is 2.70. The molecular weight excluding hydrogens is 353 g/mol. The second-order valence-electron chi connectivity index (χ2n) is 4.82. The van der Waals surface area contributed by atoms with Crippen molar-refractivity contribution >= 4 is 46.7 Å². The van der Waals surface area contributed by atoms with E-state index in [4.69, 9.17) is 27.9 Å². The number of carbonyl (C=O) groups excluding carboxylic acids is 1. The molecule has 2 aromatic carbocycles. The van der Waals surface area contributed by atoms with Gasteiger partial charge in [-0.3, -0.25) is 4.79 Å². The van der Waals surface area contributed by atoms with Crippen LogP contribution >= 0.6 is 23.2 Å². The first-order chi connectivity index (χ1) is 11.5. The summed E-state index contributed by atoms with van der Waals surface area (Å²) in [6, 6.07) is 8.11. The average Bonchev–Trinajstić information content (AvgIpc) is 2.91. The Morgan fingerprint density at radius 3 is 2.71 bits per heavy atom. The standard InChI is InChI=1S/C16H11Cl2N3O3/c1-24-11-4-2-3-8(15(11)22)7-19-21-14-12-9(17)5-6-10(18)13(12)20-16(14)23/h2-7,22H,1H3,(H,20,21,23)/b19-7+. The molecule has 8 heteroatoms. The lowest BCUT2D eigenvalue weighted by Gasteiger charge is -2.04. The minimum Gasteiger partial charge on any atom is -0.504 e. The molecule has 2 N–H and O–H groups in total. The maximum atomic E-state index is 12.0. The van der Waals surface area contributed by atoms with E-state index in [1.54, 1.807) is 30.3 Å². The second-order valence-corrected chi connectivity index (χ2v) is 5.64. The summed E-state index contributed by atoms with van der Waals surface area (Å²) in [6.45, 7) is 0. The molecule has 0 saturated carbocycles. The zero-order valence-electron chi connectivity index (χ0n) is 12.4. The Kier molecular flexibility index (Phi) is 4.42. The van der Waals surface area contributed by atoms with Crippen LogP contribution in [0, 0.1) is 0 Å². The highest BCUT2D eigenvalue weighted by atomic mass is 35.5. The minimum atomic E-state index is -0.452. The quantitative estimate of drug-likeness (QED) is 0.646. The summed E-state index contributed by atoms with van der Waals surface area (Å²) in [5.74, 6) is -0.210. The van der Waals surface area contributed by atoms with Gasteiger partial charge in [0, 0.05) is 5.56 Å². The summed E-state index contributed by atoms with van der Waals surface area (Å²) in [5, 5.41) is 21.1. The van der Waals surface area contributed by atoms with E-state index < -0.39 is 5.91 Å². The molecule has 2 aromatic rings. The molecule has 0 fully saturated rings. The predicted molar refractivity (Wildman–Crippen MR) is 93.9 cm³/mol. The summed E-state index contributed by atoms with van der Waals surface area (Å²) in [7, 11) is 1.45. The van der Waals surface area contributed by atoms with E-state index in [1.165, 1.54) is 13.3 Å². The van der Waals surface area contributed by atoms with Gasteiger partial charge in [-0.25, -0.2) is 0 Å². The number of phenolic OH excluding ortho intramolecular Hbond substituents is 1. The van der Waals surface area contributed by atoms with Crippen molar-refractivity contribution in [3.05, 3.63) is 51.5 Å². The van der Waals surface area contributed by atoms with Gasteiger partial charge >= 0.3 is 0 Å². The molecule has 0 spiro atoms. The summed E-state index contributed by atoms with van der Waals surface area (Å²) in [4.78, 5) is 12.0. The van der Waals surface area contributed by atoms with Crippen molar-refractivity contribution in [2.45, 2.75) is 0 Å². The number of phenols is 1. The molecule has 1 amide bonds. The zero-order valence-corrected chi connectivity index (χ0v) is 13.9. The molecule has 0 radical (unpaired) electrons. The summed E-state index contributed by atoms with van der Waals surface area (Å²) in [5.41, 5.74) is 1.26. The van der Waals surface area contributed by atoms with Crippen molar-refractivity contribution in [2.24, 2.45) is 10.2 Å². The number of aromatic hydroxyl groups is 1. The van der Waals surface area contributed by atoms with Crippen LogP contribution in [0.5, 0.6) is 11.5 Å². The highest BCUT2D eigenvalue weighted by Gasteiger charge is 2.30. The number of benzene rings is 2. The first-order valence-electron chi connectivity index (χ1n) is 6.79. The van der Waals surface area contributed by atoms with Crippen LogP contribution in [-0.2, 0) is 4.79 Å². The van der Waals surface area contributed by atoms with Crippen LogP contribution in [0.4, 0.5) is 5.69 Å². The van der Waals surface area contributed by atoms with Gasteiger partial charge in [-0.05, 0) is 24.3 Å². The van der Waals surface area contributed by atoms with Crippen LogP contribution < -0.4 is 10.1 Å². The Balaban J connectivity index is 1.97. The van der Waals surface area contributed by atoms with Gasteiger partial charge in [0.05, 0.1) is 34.6 Å². The van der Waals surface area contributed by atoms with E-state index in [1.807, 2.05) is 0 Å². The van der Waals surface area contributed by atoms with Crippen molar-refractivity contribution in [3.8, 4) is 11.5 Å². The van der Waals surface area contributed by atoms with Crippen molar-refractivity contribution in [2.75, 3.05) is 12.4 Å². The first-order valence-corrected chi connectivity index (χ1v) is 7.55. The van der Waals surface area contributed by atoms with Gasteiger partial charge in [0.15, 0.2) is 17.2 Å².